The highest BCUT2D eigenvalue weighted by molar-refractivity contribution is 5.89. The maximum Gasteiger partial charge on any atom is 0.338 e. The van der Waals surface area contributed by atoms with Crippen LogP contribution in [-0.4, -0.2) is 53.0 Å². The number of rotatable bonds is 9. The van der Waals surface area contributed by atoms with Gasteiger partial charge in [0.1, 0.15) is 6.61 Å². The number of carboxylic acids is 1. The largest absolute Gasteiger partial charge is 0.479 e. The van der Waals surface area contributed by atoms with Crippen LogP contribution < -0.4 is 11.2 Å². The third-order valence-electron chi connectivity index (χ3n) is 3.44. The molecular formula is C17H18N2O8. The fraction of sp³-hybridized carbons (Fsp3) is 0.294. The highest BCUT2D eigenvalue weighted by Gasteiger charge is 2.26. The molecule has 0 saturated carbocycles. The molecule has 0 amide bonds. The summed E-state index contributed by atoms with van der Waals surface area (Å²) in [6, 6.07) is 9.12. The average Bonchev–Trinajstić information content (AvgIpc) is 2.64. The molecule has 10 nitrogen and oxygen atoms in total. The Labute approximate surface area is 152 Å². The zero-order chi connectivity index (χ0) is 19.8. The Morgan fingerprint density at radius 2 is 1.85 bits per heavy atom. The topological polar surface area (TPSA) is 137 Å². The molecule has 144 valence electrons. The number of hydrogen-bond acceptors (Lipinski definition) is 7. The lowest BCUT2D eigenvalue weighted by Gasteiger charge is -2.23. The summed E-state index contributed by atoms with van der Waals surface area (Å²) in [7, 11) is 1.33. The summed E-state index contributed by atoms with van der Waals surface area (Å²) in [5, 5.41) is 9.33. The Morgan fingerprint density at radius 3 is 2.44 bits per heavy atom. The zero-order valence-corrected chi connectivity index (χ0v) is 14.4. The van der Waals surface area contributed by atoms with Crippen LogP contribution in [0.5, 0.6) is 0 Å². The number of esters is 1. The molecule has 1 aromatic heterocycles. The van der Waals surface area contributed by atoms with Crippen molar-refractivity contribution in [3.8, 4) is 0 Å². The molecule has 0 unspecified atom stereocenters. The first-order chi connectivity index (χ1) is 12.9. The van der Waals surface area contributed by atoms with Gasteiger partial charge in [-0.3, -0.25) is 14.3 Å². The molecule has 0 fully saturated rings. The molecule has 2 N–H and O–H groups in total. The summed E-state index contributed by atoms with van der Waals surface area (Å²) in [6.45, 7) is -0.760. The highest BCUT2D eigenvalue weighted by Crippen LogP contribution is 2.11. The lowest BCUT2D eigenvalue weighted by Crippen LogP contribution is -2.39. The van der Waals surface area contributed by atoms with Crippen LogP contribution in [0.15, 0.2) is 52.2 Å². The molecule has 0 spiro atoms. The number of benzene rings is 1. The van der Waals surface area contributed by atoms with Gasteiger partial charge in [0, 0.05) is 19.4 Å². The maximum atomic E-state index is 12.0. The molecule has 2 atom stereocenters. The maximum absolute atomic E-state index is 12.0. The smallest absolute Gasteiger partial charge is 0.338 e. The van der Waals surface area contributed by atoms with Gasteiger partial charge in [0.25, 0.3) is 5.56 Å². The van der Waals surface area contributed by atoms with E-state index in [0.717, 1.165) is 16.8 Å². The summed E-state index contributed by atoms with van der Waals surface area (Å²) in [5.74, 6) is -2.11. The van der Waals surface area contributed by atoms with E-state index in [1.807, 2.05) is 4.98 Å². The van der Waals surface area contributed by atoms with Crippen molar-refractivity contribution >= 4 is 11.9 Å². The van der Waals surface area contributed by atoms with Gasteiger partial charge in [-0.1, -0.05) is 18.2 Å². The molecule has 10 heteroatoms. The second kappa shape index (κ2) is 9.46. The summed E-state index contributed by atoms with van der Waals surface area (Å²) in [6.07, 6.45) is -1.56. The van der Waals surface area contributed by atoms with Crippen LogP contribution in [0, 0.1) is 0 Å². The van der Waals surface area contributed by atoms with E-state index in [2.05, 4.69) is 0 Å². The van der Waals surface area contributed by atoms with Crippen molar-refractivity contribution in [2.45, 2.75) is 12.3 Å². The first-order valence-corrected chi connectivity index (χ1v) is 7.83. The van der Waals surface area contributed by atoms with Crippen LogP contribution >= 0.6 is 0 Å². The van der Waals surface area contributed by atoms with Crippen LogP contribution in [0.4, 0.5) is 0 Å². The number of carbonyl (C=O) groups is 2. The molecule has 0 aliphatic rings. The number of nitrogens with zero attached hydrogens (tertiary/aromatic N) is 1. The van der Waals surface area contributed by atoms with E-state index >= 15 is 0 Å². The minimum atomic E-state index is -1.56. The van der Waals surface area contributed by atoms with E-state index in [1.165, 1.54) is 19.2 Å². The number of hydrogen-bond donors (Lipinski definition) is 2. The van der Waals surface area contributed by atoms with E-state index in [1.54, 1.807) is 18.2 Å². The monoisotopic (exact) mass is 378 g/mol. The molecule has 27 heavy (non-hydrogen) atoms. The molecule has 1 aromatic carbocycles. The number of aliphatic carboxylic acids is 1. The van der Waals surface area contributed by atoms with Crippen LogP contribution in [0.1, 0.15) is 16.6 Å². The standard InChI is InChI=1S/C17H18N2O8/c1-25-10-14(19-8-7-13(20)18-17(19)24)27-12(15(21)22)9-26-16(23)11-5-3-2-4-6-11/h2-8,12,14H,9-10H2,1H3,(H,21,22)(H,18,20,24)/t12-,14+/m0/s1. The number of H-pyrrole nitrogens is 1. The van der Waals surface area contributed by atoms with Gasteiger partial charge in [0.05, 0.1) is 12.2 Å². The van der Waals surface area contributed by atoms with E-state index in [-0.39, 0.29) is 12.2 Å². The van der Waals surface area contributed by atoms with Gasteiger partial charge in [-0.25, -0.2) is 14.4 Å². The van der Waals surface area contributed by atoms with Crippen molar-refractivity contribution in [1.29, 1.82) is 0 Å². The third kappa shape index (κ3) is 5.62. The van der Waals surface area contributed by atoms with Crippen molar-refractivity contribution in [2.75, 3.05) is 20.3 Å². The Bertz CT molecular complexity index is 890. The van der Waals surface area contributed by atoms with Crippen molar-refractivity contribution in [3.63, 3.8) is 0 Å². The van der Waals surface area contributed by atoms with Gasteiger partial charge < -0.3 is 19.3 Å². The molecule has 0 bridgehead atoms. The van der Waals surface area contributed by atoms with Gasteiger partial charge >= 0.3 is 17.6 Å². The highest BCUT2D eigenvalue weighted by atomic mass is 16.6. The van der Waals surface area contributed by atoms with E-state index < -0.39 is 42.1 Å². The lowest BCUT2D eigenvalue weighted by atomic mass is 10.2. The van der Waals surface area contributed by atoms with Gasteiger partial charge in [-0.05, 0) is 12.1 Å². The summed E-state index contributed by atoms with van der Waals surface area (Å²) < 4.78 is 16.3. The summed E-state index contributed by atoms with van der Waals surface area (Å²) in [4.78, 5) is 48.5. The van der Waals surface area contributed by atoms with Gasteiger partial charge in [-0.2, -0.15) is 0 Å². The van der Waals surface area contributed by atoms with Crippen LogP contribution in [0.3, 0.4) is 0 Å². The van der Waals surface area contributed by atoms with Gasteiger partial charge in [0.2, 0.25) is 0 Å². The summed E-state index contributed by atoms with van der Waals surface area (Å²) >= 11 is 0. The predicted octanol–water partition coefficient (Wildman–Crippen LogP) is 0.00840. The number of nitrogens with one attached hydrogen (secondary N) is 1. The third-order valence-corrected chi connectivity index (χ3v) is 3.44. The molecule has 0 aliphatic carbocycles. The Morgan fingerprint density at radius 1 is 1.15 bits per heavy atom. The van der Waals surface area contributed by atoms with Gasteiger partial charge in [-0.15, -0.1) is 0 Å². The van der Waals surface area contributed by atoms with Crippen LogP contribution in [-0.2, 0) is 19.0 Å². The lowest BCUT2D eigenvalue weighted by molar-refractivity contribution is -0.167. The first-order valence-electron chi connectivity index (χ1n) is 7.83. The number of carboxylic acid groups (broad SMARTS) is 1. The van der Waals surface area contributed by atoms with E-state index in [0.29, 0.717) is 0 Å². The first kappa shape index (κ1) is 20.1. The SMILES string of the molecule is COC[C@@H](O[C@@H](COC(=O)c1ccccc1)C(=O)O)n1ccc(=O)[nH]c1=O. The summed E-state index contributed by atoms with van der Waals surface area (Å²) in [5.41, 5.74) is -1.15. The number of ether oxygens (including phenoxy) is 3. The average molecular weight is 378 g/mol. The zero-order valence-electron chi connectivity index (χ0n) is 14.4. The molecule has 2 aromatic rings. The van der Waals surface area contributed by atoms with Crippen LogP contribution in [0.2, 0.25) is 0 Å². The Balaban J connectivity index is 2.12. The minimum Gasteiger partial charge on any atom is -0.479 e. The van der Waals surface area contributed by atoms with E-state index in [9.17, 15) is 24.3 Å². The number of methoxy groups -OCH3 is 1. The fourth-order valence-corrected chi connectivity index (χ4v) is 2.15. The fourth-order valence-electron chi connectivity index (χ4n) is 2.15. The number of aromatic amines is 1. The van der Waals surface area contributed by atoms with Crippen molar-refractivity contribution in [1.82, 2.24) is 9.55 Å². The Kier molecular flexibility index (Phi) is 7.03. The van der Waals surface area contributed by atoms with E-state index in [4.69, 9.17) is 14.2 Å². The van der Waals surface area contributed by atoms with Crippen molar-refractivity contribution < 1.29 is 28.9 Å². The van der Waals surface area contributed by atoms with Crippen molar-refractivity contribution in [3.05, 3.63) is 69.0 Å². The molecule has 2 rings (SSSR count). The van der Waals surface area contributed by atoms with Gasteiger partial charge in [0.15, 0.2) is 12.3 Å². The predicted molar refractivity (Wildman–Crippen MR) is 91.5 cm³/mol. The Hall–Kier alpha value is -3.24. The normalized spacial score (nSPS) is 12.9. The number of aromatic nitrogens is 2. The second-order valence-electron chi connectivity index (χ2n) is 5.35. The number of carbonyl (C=O) groups excluding carboxylic acids is 1. The quantitative estimate of drug-likeness (QED) is 0.582. The molecule has 1 heterocycles. The molecule has 0 radical (unpaired) electrons. The van der Waals surface area contributed by atoms with Crippen molar-refractivity contribution in [2.24, 2.45) is 0 Å². The minimum absolute atomic E-state index is 0.178. The molecule has 0 aliphatic heterocycles. The van der Waals surface area contributed by atoms with Crippen LogP contribution in [0.25, 0.3) is 0 Å². The molecule has 0 saturated heterocycles. The second-order valence-corrected chi connectivity index (χ2v) is 5.35. The molecular weight excluding hydrogens is 360 g/mol.